The summed E-state index contributed by atoms with van der Waals surface area (Å²) in [6.45, 7) is 3.89. The number of ether oxygens (including phenoxy) is 1. The molecule has 0 unspecified atom stereocenters. The zero-order valence-corrected chi connectivity index (χ0v) is 23.3. The summed E-state index contributed by atoms with van der Waals surface area (Å²) in [6, 6.07) is 7.64. The molecule has 4 aromatic rings. The van der Waals surface area contributed by atoms with E-state index in [2.05, 4.69) is 14.8 Å². The molecule has 5 N–H and O–H groups in total. The van der Waals surface area contributed by atoms with Crippen molar-refractivity contribution in [1.29, 1.82) is 0 Å². The minimum absolute atomic E-state index is 0.0666. The van der Waals surface area contributed by atoms with E-state index in [1.165, 1.54) is 25.3 Å². The summed E-state index contributed by atoms with van der Waals surface area (Å²) >= 11 is 0. The number of halogens is 2. The number of benzene rings is 2. The molecule has 1 aliphatic rings. The molecule has 0 atom stereocenters. The Hall–Kier alpha value is -3.77. The van der Waals surface area contributed by atoms with Gasteiger partial charge in [-0.1, -0.05) is 12.1 Å². The summed E-state index contributed by atoms with van der Waals surface area (Å²) in [5.74, 6) is -1.45. The molecule has 0 saturated heterocycles. The highest BCUT2D eigenvalue weighted by atomic mass is 32.2. The molecule has 1 saturated carbocycles. The van der Waals surface area contributed by atoms with Crippen molar-refractivity contribution in [3.05, 3.63) is 59.8 Å². The van der Waals surface area contributed by atoms with Gasteiger partial charge >= 0.3 is 0 Å². The number of hydrogen-bond donors (Lipinski definition) is 3. The van der Waals surface area contributed by atoms with Crippen LogP contribution < -0.4 is 20.9 Å². The number of rotatable bonds is 7. The Morgan fingerprint density at radius 1 is 1.10 bits per heavy atom. The van der Waals surface area contributed by atoms with Crippen LogP contribution in [-0.4, -0.2) is 36.3 Å². The molecule has 2 heterocycles. The number of nitrogens with one attached hydrogen (secondary N) is 1. The molecule has 0 spiro atoms. The van der Waals surface area contributed by atoms with Crippen molar-refractivity contribution in [2.75, 3.05) is 17.6 Å². The predicted octanol–water partition coefficient (Wildman–Crippen LogP) is 5.33. The molecule has 212 valence electrons. The third-order valence-corrected chi connectivity index (χ3v) is 8.80. The van der Waals surface area contributed by atoms with Gasteiger partial charge in [-0.05, 0) is 69.2 Å². The largest absolute Gasteiger partial charge is 0.495 e. The number of nitrogens with zero attached hydrogens (tertiary/aromatic N) is 3. The molecule has 40 heavy (non-hydrogen) atoms. The molecule has 5 rings (SSSR count). The third-order valence-electron chi connectivity index (χ3n) is 7.40. The number of fused-ring (bicyclic) bond motifs is 1. The van der Waals surface area contributed by atoms with E-state index in [1.54, 1.807) is 16.9 Å². The summed E-state index contributed by atoms with van der Waals surface area (Å²) in [5.41, 5.74) is 13.6. The Labute approximate surface area is 231 Å². The van der Waals surface area contributed by atoms with Gasteiger partial charge in [-0.3, -0.25) is 9.40 Å². The Kier molecular flexibility index (Phi) is 7.40. The first-order chi connectivity index (χ1) is 19.0. The molecule has 0 bridgehead atoms. The monoisotopic (exact) mass is 570 g/mol. The van der Waals surface area contributed by atoms with Crippen LogP contribution in [0, 0.1) is 11.6 Å². The van der Waals surface area contributed by atoms with Crippen molar-refractivity contribution in [3.63, 3.8) is 0 Å². The second-order valence-corrected chi connectivity index (χ2v) is 12.0. The topological polar surface area (TPSA) is 138 Å². The van der Waals surface area contributed by atoms with Gasteiger partial charge in [-0.2, -0.15) is 5.10 Å². The number of para-hydroxylation sites is 1. The van der Waals surface area contributed by atoms with Crippen LogP contribution in [0.15, 0.2) is 47.5 Å². The first-order valence-electron chi connectivity index (χ1n) is 13.1. The fraction of sp³-hybridized carbons (Fsp3) is 0.357. The van der Waals surface area contributed by atoms with E-state index in [0.717, 1.165) is 48.9 Å². The van der Waals surface area contributed by atoms with E-state index < -0.39 is 27.3 Å². The molecule has 1 aliphatic carbocycles. The summed E-state index contributed by atoms with van der Waals surface area (Å²) in [4.78, 5) is 4.19. The first-order valence-corrected chi connectivity index (χ1v) is 14.6. The molecular formula is C28H32F2N6O3S. The van der Waals surface area contributed by atoms with Crippen LogP contribution in [0.25, 0.3) is 22.2 Å². The number of methoxy groups -OCH3 is 1. The van der Waals surface area contributed by atoms with Gasteiger partial charge in [0, 0.05) is 29.9 Å². The van der Waals surface area contributed by atoms with Crippen molar-refractivity contribution in [2.45, 2.75) is 62.4 Å². The van der Waals surface area contributed by atoms with Crippen molar-refractivity contribution < 1.29 is 21.9 Å². The normalized spacial score (nSPS) is 17.9. The van der Waals surface area contributed by atoms with Crippen LogP contribution in [0.3, 0.4) is 0 Å². The molecule has 12 heteroatoms. The number of aromatic nitrogens is 3. The lowest BCUT2D eigenvalue weighted by atomic mass is 9.82. The van der Waals surface area contributed by atoms with E-state index in [0.29, 0.717) is 5.39 Å². The van der Waals surface area contributed by atoms with E-state index >= 15 is 8.78 Å². The summed E-state index contributed by atoms with van der Waals surface area (Å²) < 4.78 is 66.0. The van der Waals surface area contributed by atoms with Crippen LogP contribution in [0.5, 0.6) is 5.75 Å². The van der Waals surface area contributed by atoms with Gasteiger partial charge in [0.1, 0.15) is 33.8 Å². The van der Waals surface area contributed by atoms with E-state index in [1.807, 2.05) is 13.8 Å². The van der Waals surface area contributed by atoms with Gasteiger partial charge in [0.05, 0.1) is 23.7 Å². The highest BCUT2D eigenvalue weighted by Gasteiger charge is 2.29. The number of hydrogen-bond acceptors (Lipinski definition) is 7. The molecule has 0 amide bonds. The van der Waals surface area contributed by atoms with Gasteiger partial charge < -0.3 is 16.2 Å². The van der Waals surface area contributed by atoms with Gasteiger partial charge in [0.15, 0.2) is 0 Å². The Morgan fingerprint density at radius 3 is 2.48 bits per heavy atom. The molecule has 0 radical (unpaired) electrons. The minimum Gasteiger partial charge on any atom is -0.495 e. The zero-order valence-electron chi connectivity index (χ0n) is 22.5. The summed E-state index contributed by atoms with van der Waals surface area (Å²) in [6.07, 6.45) is 5.27. The van der Waals surface area contributed by atoms with Gasteiger partial charge in [0.2, 0.25) is 0 Å². The molecule has 0 aliphatic heterocycles. The molecule has 2 aromatic carbocycles. The molecule has 1 fully saturated rings. The Bertz CT molecular complexity index is 1680. The molecular weight excluding hydrogens is 538 g/mol. The zero-order chi connectivity index (χ0) is 28.8. The number of pyridine rings is 1. The van der Waals surface area contributed by atoms with Crippen LogP contribution in [0.4, 0.5) is 20.3 Å². The van der Waals surface area contributed by atoms with Crippen LogP contribution >= 0.6 is 0 Å². The summed E-state index contributed by atoms with van der Waals surface area (Å²) in [7, 11) is -2.97. The van der Waals surface area contributed by atoms with E-state index in [-0.39, 0.29) is 45.7 Å². The van der Waals surface area contributed by atoms with Gasteiger partial charge in [-0.15, -0.1) is 0 Å². The third kappa shape index (κ3) is 4.97. The van der Waals surface area contributed by atoms with Crippen molar-refractivity contribution in [2.24, 2.45) is 5.73 Å². The Morgan fingerprint density at radius 2 is 1.80 bits per heavy atom. The fourth-order valence-corrected chi connectivity index (χ4v) is 6.59. The lowest BCUT2D eigenvalue weighted by Crippen LogP contribution is -2.26. The maximum Gasteiger partial charge on any atom is 0.265 e. The smallest absolute Gasteiger partial charge is 0.265 e. The van der Waals surface area contributed by atoms with Gasteiger partial charge in [0.25, 0.3) is 10.0 Å². The minimum atomic E-state index is -4.28. The average Bonchev–Trinajstić information content (AvgIpc) is 3.33. The van der Waals surface area contributed by atoms with Crippen molar-refractivity contribution in [1.82, 2.24) is 14.8 Å². The van der Waals surface area contributed by atoms with E-state index in [4.69, 9.17) is 16.2 Å². The average molecular weight is 571 g/mol. The fourth-order valence-electron chi connectivity index (χ4n) is 5.36. The van der Waals surface area contributed by atoms with Gasteiger partial charge in [-0.25, -0.2) is 22.2 Å². The van der Waals surface area contributed by atoms with E-state index in [9.17, 15) is 8.42 Å². The molecule has 2 aromatic heterocycles. The van der Waals surface area contributed by atoms with Crippen molar-refractivity contribution in [3.8, 4) is 17.0 Å². The second kappa shape index (κ2) is 10.7. The lowest BCUT2D eigenvalue weighted by molar-refractivity contribution is 0.395. The predicted molar refractivity (Wildman–Crippen MR) is 151 cm³/mol. The number of nitrogen functional groups attached to an aromatic ring is 1. The first kappa shape index (κ1) is 27.8. The van der Waals surface area contributed by atoms with Crippen LogP contribution in [0.2, 0.25) is 0 Å². The second-order valence-electron chi connectivity index (χ2n) is 10.4. The SMILES string of the molecule is COc1ccccc1S(=O)(=O)Nc1cc(F)c(-c2nn(C(C)C)c3c(C4CCC(N)CC4)cnc(N)c23)cc1F. The highest BCUT2D eigenvalue weighted by Crippen LogP contribution is 2.42. The maximum atomic E-state index is 15.7. The van der Waals surface area contributed by atoms with Crippen molar-refractivity contribution >= 4 is 32.4 Å². The van der Waals surface area contributed by atoms with Crippen LogP contribution in [0.1, 0.15) is 57.1 Å². The number of anilines is 2. The number of sulfonamides is 1. The molecule has 9 nitrogen and oxygen atoms in total. The Balaban J connectivity index is 1.61. The summed E-state index contributed by atoms with van der Waals surface area (Å²) in [5, 5.41) is 5.11. The van der Waals surface area contributed by atoms with Crippen LogP contribution in [-0.2, 0) is 10.0 Å². The quantitative estimate of drug-likeness (QED) is 0.273. The number of nitrogens with two attached hydrogens (primary N) is 2. The maximum absolute atomic E-state index is 15.7. The standard InChI is InChI=1S/C28H32F2N6O3S/c1-15(2)36-27-19(16-8-10-17(31)11-9-16)14-33-28(32)25(27)26(34-36)18-12-21(30)22(13-20(18)29)35-40(37,38)24-7-5-4-6-23(24)39-3/h4-7,12-17,35H,8-11,31H2,1-3H3,(H2,32,33). The highest BCUT2D eigenvalue weighted by molar-refractivity contribution is 7.92. The lowest BCUT2D eigenvalue weighted by Gasteiger charge is -2.27.